The number of esters is 1. The van der Waals surface area contributed by atoms with Crippen LogP contribution in [0.5, 0.6) is 0 Å². The van der Waals surface area contributed by atoms with Crippen molar-refractivity contribution in [3.05, 3.63) is 42.4 Å². The summed E-state index contributed by atoms with van der Waals surface area (Å²) in [4.78, 5) is 15.9. The van der Waals surface area contributed by atoms with E-state index in [2.05, 4.69) is 10.1 Å². The molecular formula is C12H13N3O2. The Morgan fingerprint density at radius 2 is 2.24 bits per heavy atom. The van der Waals surface area contributed by atoms with Crippen molar-refractivity contribution in [3.8, 4) is 5.82 Å². The molecule has 0 atom stereocenters. The van der Waals surface area contributed by atoms with Gasteiger partial charge >= 0.3 is 5.97 Å². The van der Waals surface area contributed by atoms with Crippen molar-refractivity contribution in [1.29, 1.82) is 0 Å². The molecular weight excluding hydrogens is 218 g/mol. The van der Waals surface area contributed by atoms with Gasteiger partial charge in [0.2, 0.25) is 0 Å². The Kier molecular flexibility index (Phi) is 3.49. The summed E-state index contributed by atoms with van der Waals surface area (Å²) in [5, 5.41) is 4.07. The van der Waals surface area contributed by atoms with Gasteiger partial charge < -0.3 is 4.74 Å². The first-order valence-corrected chi connectivity index (χ1v) is 5.45. The Balaban J connectivity index is 2.26. The van der Waals surface area contributed by atoms with Gasteiger partial charge in [-0.15, -0.1) is 0 Å². The quantitative estimate of drug-likeness (QED) is 0.753. The molecule has 0 saturated carbocycles. The minimum absolute atomic E-state index is 0.380. The van der Waals surface area contributed by atoms with Gasteiger partial charge in [-0.3, -0.25) is 0 Å². The third kappa shape index (κ3) is 2.50. The number of pyridine rings is 1. The van der Waals surface area contributed by atoms with E-state index in [1.54, 1.807) is 24.5 Å². The fraction of sp³-hybridized carbons (Fsp3) is 0.250. The lowest BCUT2D eigenvalue weighted by molar-refractivity contribution is 0.0494. The molecule has 5 heteroatoms. The molecule has 0 aromatic carbocycles. The molecule has 2 rings (SSSR count). The summed E-state index contributed by atoms with van der Waals surface area (Å²) in [5.41, 5.74) is 0.386. The molecule has 0 aliphatic heterocycles. The Morgan fingerprint density at radius 1 is 1.35 bits per heavy atom. The smallest absolute Gasteiger partial charge is 0.357 e. The summed E-state index contributed by atoms with van der Waals surface area (Å²) in [7, 11) is 0. The van der Waals surface area contributed by atoms with E-state index in [1.807, 2.05) is 19.1 Å². The number of ether oxygens (including phenoxy) is 1. The fourth-order valence-corrected chi connectivity index (χ4v) is 1.39. The molecule has 2 aromatic heterocycles. The highest BCUT2D eigenvalue weighted by molar-refractivity contribution is 5.88. The first-order valence-electron chi connectivity index (χ1n) is 5.45. The summed E-state index contributed by atoms with van der Waals surface area (Å²) in [6.07, 6.45) is 4.00. The molecule has 0 aliphatic rings. The Morgan fingerprint density at radius 3 is 2.94 bits per heavy atom. The van der Waals surface area contributed by atoms with Crippen molar-refractivity contribution in [2.24, 2.45) is 0 Å². The SMILES string of the molecule is CCCOC(=O)c1ccnn1-c1ccccn1. The predicted molar refractivity (Wildman–Crippen MR) is 61.9 cm³/mol. The van der Waals surface area contributed by atoms with E-state index in [4.69, 9.17) is 4.74 Å². The molecule has 0 saturated heterocycles. The Bertz CT molecular complexity index is 493. The van der Waals surface area contributed by atoms with Crippen LogP contribution in [0.15, 0.2) is 36.7 Å². The molecule has 0 fully saturated rings. The van der Waals surface area contributed by atoms with Gasteiger partial charge in [0.15, 0.2) is 11.5 Å². The highest BCUT2D eigenvalue weighted by Gasteiger charge is 2.14. The van der Waals surface area contributed by atoms with Crippen LogP contribution in [0.1, 0.15) is 23.8 Å². The average molecular weight is 231 g/mol. The number of rotatable bonds is 4. The van der Waals surface area contributed by atoms with Crippen LogP contribution in [0.4, 0.5) is 0 Å². The number of hydrogen-bond donors (Lipinski definition) is 0. The summed E-state index contributed by atoms with van der Waals surface area (Å²) >= 11 is 0. The maximum atomic E-state index is 11.7. The van der Waals surface area contributed by atoms with Crippen molar-refractivity contribution in [2.45, 2.75) is 13.3 Å². The van der Waals surface area contributed by atoms with Crippen LogP contribution in [0.25, 0.3) is 5.82 Å². The molecule has 0 aliphatic carbocycles. The first-order chi connectivity index (χ1) is 8.33. The molecule has 0 unspecified atom stereocenters. The molecule has 0 radical (unpaired) electrons. The van der Waals surface area contributed by atoms with Gasteiger partial charge in [-0.25, -0.2) is 14.5 Å². The summed E-state index contributed by atoms with van der Waals surface area (Å²) < 4.78 is 6.54. The standard InChI is InChI=1S/C12H13N3O2/c1-2-9-17-12(16)10-6-8-14-15(10)11-5-3-4-7-13-11/h3-8H,2,9H2,1H3. The van der Waals surface area contributed by atoms with Crippen molar-refractivity contribution < 1.29 is 9.53 Å². The predicted octanol–water partition coefficient (Wildman–Crippen LogP) is 1.83. The monoisotopic (exact) mass is 231 g/mol. The number of nitrogens with zero attached hydrogens (tertiary/aromatic N) is 3. The average Bonchev–Trinajstić information content (AvgIpc) is 2.86. The fourth-order valence-electron chi connectivity index (χ4n) is 1.39. The minimum atomic E-state index is -0.380. The van der Waals surface area contributed by atoms with Gasteiger partial charge in [0, 0.05) is 6.20 Å². The zero-order valence-corrected chi connectivity index (χ0v) is 9.54. The number of carbonyl (C=O) groups is 1. The van der Waals surface area contributed by atoms with Crippen LogP contribution in [0.3, 0.4) is 0 Å². The van der Waals surface area contributed by atoms with Crippen molar-refractivity contribution >= 4 is 5.97 Å². The van der Waals surface area contributed by atoms with Gasteiger partial charge in [0.1, 0.15) is 0 Å². The zero-order chi connectivity index (χ0) is 12.1. The largest absolute Gasteiger partial charge is 0.461 e. The lowest BCUT2D eigenvalue weighted by atomic mass is 10.4. The number of aromatic nitrogens is 3. The van der Waals surface area contributed by atoms with Gasteiger partial charge in [0.05, 0.1) is 12.8 Å². The van der Waals surface area contributed by atoms with Crippen LogP contribution in [-0.4, -0.2) is 27.3 Å². The topological polar surface area (TPSA) is 57.0 Å². The van der Waals surface area contributed by atoms with E-state index in [0.717, 1.165) is 6.42 Å². The molecule has 2 heterocycles. The van der Waals surface area contributed by atoms with Gasteiger partial charge in [-0.05, 0) is 24.6 Å². The van der Waals surface area contributed by atoms with Crippen molar-refractivity contribution in [3.63, 3.8) is 0 Å². The third-order valence-corrected chi connectivity index (χ3v) is 2.16. The Labute approximate surface area is 99.1 Å². The summed E-state index contributed by atoms with van der Waals surface area (Å²) in [6.45, 7) is 2.36. The van der Waals surface area contributed by atoms with Crippen LogP contribution in [-0.2, 0) is 4.74 Å². The maximum absolute atomic E-state index is 11.7. The maximum Gasteiger partial charge on any atom is 0.357 e. The van der Waals surface area contributed by atoms with E-state index >= 15 is 0 Å². The number of hydrogen-bond acceptors (Lipinski definition) is 4. The summed E-state index contributed by atoms with van der Waals surface area (Å²) in [5.74, 6) is 0.218. The molecule has 0 N–H and O–H groups in total. The Hall–Kier alpha value is -2.17. The van der Waals surface area contributed by atoms with E-state index in [9.17, 15) is 4.79 Å². The van der Waals surface area contributed by atoms with E-state index in [1.165, 1.54) is 4.68 Å². The molecule has 88 valence electrons. The van der Waals surface area contributed by atoms with E-state index < -0.39 is 0 Å². The zero-order valence-electron chi connectivity index (χ0n) is 9.54. The van der Waals surface area contributed by atoms with Gasteiger partial charge in [-0.2, -0.15) is 5.10 Å². The first kappa shape index (κ1) is 11.3. The number of carbonyl (C=O) groups excluding carboxylic acids is 1. The molecule has 0 spiro atoms. The second-order valence-electron chi connectivity index (χ2n) is 3.45. The summed E-state index contributed by atoms with van der Waals surface area (Å²) in [6, 6.07) is 7.05. The van der Waals surface area contributed by atoms with Crippen LogP contribution in [0, 0.1) is 0 Å². The normalized spacial score (nSPS) is 10.2. The molecule has 2 aromatic rings. The van der Waals surface area contributed by atoms with Crippen LogP contribution < -0.4 is 0 Å². The van der Waals surface area contributed by atoms with E-state index in [-0.39, 0.29) is 5.97 Å². The highest BCUT2D eigenvalue weighted by atomic mass is 16.5. The van der Waals surface area contributed by atoms with Crippen LogP contribution in [0.2, 0.25) is 0 Å². The molecule has 5 nitrogen and oxygen atoms in total. The minimum Gasteiger partial charge on any atom is -0.461 e. The van der Waals surface area contributed by atoms with E-state index in [0.29, 0.717) is 18.1 Å². The second-order valence-corrected chi connectivity index (χ2v) is 3.45. The second kappa shape index (κ2) is 5.25. The molecule has 0 bridgehead atoms. The van der Waals surface area contributed by atoms with Crippen molar-refractivity contribution in [1.82, 2.24) is 14.8 Å². The van der Waals surface area contributed by atoms with Crippen LogP contribution >= 0.6 is 0 Å². The lowest BCUT2D eigenvalue weighted by Crippen LogP contribution is -2.13. The third-order valence-electron chi connectivity index (χ3n) is 2.16. The molecule has 0 amide bonds. The highest BCUT2D eigenvalue weighted by Crippen LogP contribution is 2.08. The van der Waals surface area contributed by atoms with Gasteiger partial charge in [-0.1, -0.05) is 13.0 Å². The van der Waals surface area contributed by atoms with Gasteiger partial charge in [0.25, 0.3) is 0 Å². The van der Waals surface area contributed by atoms with Crippen molar-refractivity contribution in [2.75, 3.05) is 6.61 Å². The lowest BCUT2D eigenvalue weighted by Gasteiger charge is -2.05. The molecule has 17 heavy (non-hydrogen) atoms.